The van der Waals surface area contributed by atoms with Crippen LogP contribution >= 0.6 is 0 Å². The number of carbonyl (C=O) groups excluding carboxylic acids is 2. The molecule has 6 heteroatoms. The van der Waals surface area contributed by atoms with Crippen molar-refractivity contribution in [2.75, 3.05) is 32.8 Å². The number of hydrogen-bond donors (Lipinski definition) is 2. The number of amides is 1. The Balaban J connectivity index is 2.33. The van der Waals surface area contributed by atoms with Crippen molar-refractivity contribution in [3.63, 3.8) is 0 Å². The maximum Gasteiger partial charge on any atom is 0.417 e. The third kappa shape index (κ3) is 3.00. The van der Waals surface area contributed by atoms with Crippen LogP contribution in [-0.4, -0.2) is 54.9 Å². The van der Waals surface area contributed by atoms with Gasteiger partial charge in [0.15, 0.2) is 0 Å². The Morgan fingerprint density at radius 3 is 2.54 bits per heavy atom. The van der Waals surface area contributed by atoms with Crippen molar-refractivity contribution in [2.45, 2.75) is 0 Å². The van der Waals surface area contributed by atoms with E-state index in [9.17, 15) is 9.59 Å². The molecule has 6 nitrogen and oxygen atoms in total. The summed E-state index contributed by atoms with van der Waals surface area (Å²) >= 11 is 0. The molecular formula is C7H12N2O4. The number of hydrogen-bond acceptors (Lipinski definition) is 5. The van der Waals surface area contributed by atoms with Crippen molar-refractivity contribution < 1.29 is 19.4 Å². The second-order valence-electron chi connectivity index (χ2n) is 2.64. The van der Waals surface area contributed by atoms with E-state index in [1.165, 1.54) is 4.90 Å². The third-order valence-corrected chi connectivity index (χ3v) is 1.71. The lowest BCUT2D eigenvalue weighted by Crippen LogP contribution is -2.47. The van der Waals surface area contributed by atoms with Crippen LogP contribution in [0.25, 0.3) is 0 Å². The monoisotopic (exact) mass is 188 g/mol. The van der Waals surface area contributed by atoms with Gasteiger partial charge in [0.25, 0.3) is 0 Å². The average molecular weight is 188 g/mol. The van der Waals surface area contributed by atoms with Crippen molar-refractivity contribution in [3.8, 4) is 0 Å². The van der Waals surface area contributed by atoms with Crippen LogP contribution < -0.4 is 5.32 Å². The summed E-state index contributed by atoms with van der Waals surface area (Å²) in [5.41, 5.74) is 0. The van der Waals surface area contributed by atoms with Gasteiger partial charge in [0, 0.05) is 26.2 Å². The van der Waals surface area contributed by atoms with E-state index in [4.69, 9.17) is 5.11 Å². The largest absolute Gasteiger partial charge is 0.417 e. The number of nitrogens with zero attached hydrogens (tertiary/aromatic N) is 1. The molecule has 74 valence electrons. The molecule has 1 fully saturated rings. The summed E-state index contributed by atoms with van der Waals surface area (Å²) in [5.74, 6) is -0.913. The highest BCUT2D eigenvalue weighted by molar-refractivity contribution is 5.85. The van der Waals surface area contributed by atoms with E-state index >= 15 is 0 Å². The third-order valence-electron chi connectivity index (χ3n) is 1.71. The van der Waals surface area contributed by atoms with Crippen LogP contribution in [0, 0.1) is 0 Å². The molecule has 0 bridgehead atoms. The fourth-order valence-electron chi connectivity index (χ4n) is 1.04. The lowest BCUT2D eigenvalue weighted by molar-refractivity contribution is -0.141. The number of aliphatic hydroxyl groups is 1. The molecule has 0 aromatic carbocycles. The number of esters is 1. The molecule has 1 rings (SSSR count). The molecule has 13 heavy (non-hydrogen) atoms. The van der Waals surface area contributed by atoms with Gasteiger partial charge in [-0.25, -0.2) is 9.59 Å². The first kappa shape index (κ1) is 9.94. The molecule has 1 aliphatic rings. The maximum atomic E-state index is 11.1. The summed E-state index contributed by atoms with van der Waals surface area (Å²) in [6, 6.07) is 0. The van der Waals surface area contributed by atoms with Gasteiger partial charge in [-0.1, -0.05) is 0 Å². The summed E-state index contributed by atoms with van der Waals surface area (Å²) in [4.78, 5) is 23.1. The van der Waals surface area contributed by atoms with Gasteiger partial charge in [-0.05, 0) is 0 Å². The van der Waals surface area contributed by atoms with Crippen LogP contribution in [0.2, 0.25) is 0 Å². The number of rotatable bonds is 1. The van der Waals surface area contributed by atoms with Crippen LogP contribution in [0.15, 0.2) is 0 Å². The molecule has 1 amide bonds. The van der Waals surface area contributed by atoms with Crippen molar-refractivity contribution in [2.24, 2.45) is 0 Å². The van der Waals surface area contributed by atoms with E-state index in [2.05, 4.69) is 10.1 Å². The van der Waals surface area contributed by atoms with Crippen molar-refractivity contribution >= 4 is 12.1 Å². The van der Waals surface area contributed by atoms with Crippen LogP contribution in [0.4, 0.5) is 4.79 Å². The fraction of sp³-hybridized carbons (Fsp3) is 0.714. The Kier molecular flexibility index (Phi) is 3.66. The van der Waals surface area contributed by atoms with Gasteiger partial charge in [-0.2, -0.15) is 0 Å². The molecule has 1 saturated heterocycles. The first-order chi connectivity index (χ1) is 6.24. The number of nitrogens with one attached hydrogen (secondary N) is 1. The van der Waals surface area contributed by atoms with E-state index in [0.29, 0.717) is 26.2 Å². The summed E-state index contributed by atoms with van der Waals surface area (Å²) in [5, 5.41) is 11.4. The van der Waals surface area contributed by atoms with E-state index in [1.807, 2.05) is 0 Å². The molecular weight excluding hydrogens is 176 g/mol. The normalized spacial score (nSPS) is 16.8. The fourth-order valence-corrected chi connectivity index (χ4v) is 1.04. The molecule has 2 N–H and O–H groups in total. The Morgan fingerprint density at radius 2 is 2.00 bits per heavy atom. The summed E-state index contributed by atoms with van der Waals surface area (Å²) in [6.45, 7) is 1.68. The first-order valence-electron chi connectivity index (χ1n) is 4.05. The first-order valence-corrected chi connectivity index (χ1v) is 4.05. The van der Waals surface area contributed by atoms with Crippen molar-refractivity contribution in [1.82, 2.24) is 10.2 Å². The highest BCUT2D eigenvalue weighted by Crippen LogP contribution is 1.96. The lowest BCUT2D eigenvalue weighted by Gasteiger charge is -2.25. The zero-order valence-electron chi connectivity index (χ0n) is 7.15. The molecule has 0 radical (unpaired) electrons. The molecule has 0 spiro atoms. The van der Waals surface area contributed by atoms with E-state index < -0.39 is 18.7 Å². The molecule has 1 heterocycles. The van der Waals surface area contributed by atoms with E-state index in [-0.39, 0.29) is 0 Å². The minimum absolute atomic E-state index is 0.525. The topological polar surface area (TPSA) is 78.9 Å². The number of aliphatic hydroxyl groups excluding tert-OH is 1. The van der Waals surface area contributed by atoms with Crippen LogP contribution in [0.3, 0.4) is 0 Å². The molecule has 0 aliphatic carbocycles. The molecule has 0 aromatic heterocycles. The smallest absolute Gasteiger partial charge is 0.385 e. The van der Waals surface area contributed by atoms with Gasteiger partial charge >= 0.3 is 12.1 Å². The summed E-state index contributed by atoms with van der Waals surface area (Å²) in [6.07, 6.45) is -0.680. The van der Waals surface area contributed by atoms with E-state index in [1.54, 1.807) is 0 Å². The number of ether oxygens (including phenoxy) is 1. The highest BCUT2D eigenvalue weighted by atomic mass is 16.6. The Morgan fingerprint density at radius 1 is 1.38 bits per heavy atom. The number of piperazine rings is 1. The quantitative estimate of drug-likeness (QED) is 0.388. The van der Waals surface area contributed by atoms with Crippen LogP contribution in [-0.2, 0) is 9.53 Å². The van der Waals surface area contributed by atoms with Gasteiger partial charge in [0.1, 0.15) is 6.61 Å². The molecule has 0 aromatic rings. The maximum absolute atomic E-state index is 11.1. The molecule has 0 atom stereocenters. The second kappa shape index (κ2) is 4.78. The average Bonchev–Trinajstić information content (AvgIpc) is 2.19. The Labute approximate surface area is 75.5 Å². The van der Waals surface area contributed by atoms with Crippen LogP contribution in [0.5, 0.6) is 0 Å². The Bertz CT molecular complexity index is 201. The minimum Gasteiger partial charge on any atom is -0.385 e. The highest BCUT2D eigenvalue weighted by Gasteiger charge is 2.19. The molecule has 0 unspecified atom stereocenters. The second-order valence-corrected chi connectivity index (χ2v) is 2.64. The predicted octanol–water partition coefficient (Wildman–Crippen LogP) is -1.45. The van der Waals surface area contributed by atoms with Gasteiger partial charge in [0.05, 0.1) is 0 Å². The molecule has 1 aliphatic heterocycles. The number of carbonyl (C=O) groups is 2. The zero-order chi connectivity index (χ0) is 9.68. The van der Waals surface area contributed by atoms with E-state index in [0.717, 1.165) is 0 Å². The summed E-state index contributed by atoms with van der Waals surface area (Å²) < 4.78 is 4.31. The Hall–Kier alpha value is -1.14. The van der Waals surface area contributed by atoms with Gasteiger partial charge < -0.3 is 20.1 Å². The minimum atomic E-state index is -0.913. The zero-order valence-corrected chi connectivity index (χ0v) is 7.15. The molecule has 0 saturated carbocycles. The predicted molar refractivity (Wildman–Crippen MR) is 43.0 cm³/mol. The van der Waals surface area contributed by atoms with Crippen molar-refractivity contribution in [1.29, 1.82) is 0 Å². The van der Waals surface area contributed by atoms with Gasteiger partial charge in [0.2, 0.25) is 0 Å². The standard InChI is InChI=1S/C7H12N2O4/c10-5-6(11)13-7(12)9-3-1-8-2-4-9/h8,10H,1-5H2. The summed E-state index contributed by atoms with van der Waals surface area (Å²) in [7, 11) is 0. The SMILES string of the molecule is O=C(CO)OC(=O)N1CCNCC1. The van der Waals surface area contributed by atoms with Gasteiger partial charge in [-0.3, -0.25) is 0 Å². The van der Waals surface area contributed by atoms with Crippen molar-refractivity contribution in [3.05, 3.63) is 0 Å². The van der Waals surface area contributed by atoms with Gasteiger partial charge in [-0.15, -0.1) is 0 Å². The van der Waals surface area contributed by atoms with Crippen LogP contribution in [0.1, 0.15) is 0 Å². The lowest BCUT2D eigenvalue weighted by atomic mass is 10.4.